The number of benzene rings is 1. The van der Waals surface area contributed by atoms with Crippen LogP contribution >= 0.6 is 37.2 Å². The molecule has 0 bridgehead atoms. The number of hydrogen-bond donors (Lipinski definition) is 1. The molecule has 0 unspecified atom stereocenters. The molecule has 0 saturated heterocycles. The third kappa shape index (κ3) is 5.49. The molecule has 3 radical (unpaired) electrons. The SMILES string of the molecule is Cl.Cl.Cl.NCc1cccc[c]1[Sn]. The summed E-state index contributed by atoms with van der Waals surface area (Å²) in [5.74, 6) is 0. The van der Waals surface area contributed by atoms with Crippen molar-refractivity contribution in [3.8, 4) is 0 Å². The zero-order chi connectivity index (χ0) is 6.69. The van der Waals surface area contributed by atoms with Gasteiger partial charge in [-0.15, -0.1) is 37.2 Å². The Balaban J connectivity index is -0.000000270. The van der Waals surface area contributed by atoms with Gasteiger partial charge >= 0.3 is 68.2 Å². The monoisotopic (exact) mass is 334 g/mol. The van der Waals surface area contributed by atoms with E-state index in [1.165, 1.54) is 31.7 Å². The van der Waals surface area contributed by atoms with Gasteiger partial charge in [0.15, 0.2) is 0 Å². The van der Waals surface area contributed by atoms with Gasteiger partial charge in [-0.25, -0.2) is 0 Å². The Morgan fingerprint density at radius 1 is 1.08 bits per heavy atom. The van der Waals surface area contributed by atoms with Crippen LogP contribution in [0.3, 0.4) is 0 Å². The van der Waals surface area contributed by atoms with Gasteiger partial charge in [0.25, 0.3) is 0 Å². The van der Waals surface area contributed by atoms with Gasteiger partial charge in [0, 0.05) is 0 Å². The number of rotatable bonds is 1. The Morgan fingerprint density at radius 3 is 1.92 bits per heavy atom. The van der Waals surface area contributed by atoms with Gasteiger partial charge in [0.2, 0.25) is 0 Å². The first-order valence-corrected chi connectivity index (χ1v) is 4.27. The summed E-state index contributed by atoms with van der Waals surface area (Å²) in [4.78, 5) is 0. The molecule has 12 heavy (non-hydrogen) atoms. The van der Waals surface area contributed by atoms with Crippen LogP contribution in [0, 0.1) is 0 Å². The Hall–Kier alpha value is 0.849. The molecular weight excluding hydrogens is 323 g/mol. The second kappa shape index (κ2) is 9.93. The molecule has 2 N–H and O–H groups in total. The second-order valence-corrected chi connectivity index (χ2v) is 3.40. The quantitative estimate of drug-likeness (QED) is 0.768. The molecule has 0 aliphatic rings. The summed E-state index contributed by atoms with van der Waals surface area (Å²) in [6, 6.07) is 8.25. The summed E-state index contributed by atoms with van der Waals surface area (Å²) < 4.78 is 1.37. The van der Waals surface area contributed by atoms with Crippen LogP contribution < -0.4 is 9.31 Å². The van der Waals surface area contributed by atoms with Crippen molar-refractivity contribution < 1.29 is 0 Å². The minimum atomic E-state index is 0. The molecule has 1 rings (SSSR count). The van der Waals surface area contributed by atoms with Crippen molar-refractivity contribution in [3.05, 3.63) is 29.8 Å². The van der Waals surface area contributed by atoms with E-state index in [1.54, 1.807) is 0 Å². The predicted molar refractivity (Wildman–Crippen MR) is 61.5 cm³/mol. The van der Waals surface area contributed by atoms with E-state index < -0.39 is 0 Å². The van der Waals surface area contributed by atoms with E-state index in [0.29, 0.717) is 6.54 Å². The van der Waals surface area contributed by atoms with Crippen LogP contribution in [0.25, 0.3) is 0 Å². The van der Waals surface area contributed by atoms with Crippen molar-refractivity contribution in [2.24, 2.45) is 5.73 Å². The van der Waals surface area contributed by atoms with Gasteiger partial charge < -0.3 is 0 Å². The molecule has 0 spiro atoms. The standard InChI is InChI=1S/C7H8N.3ClH.Sn/c8-6-7-4-2-1-3-5-7;;;;/h1-4H,6,8H2;3*1H;. The molecule has 0 heterocycles. The van der Waals surface area contributed by atoms with Crippen molar-refractivity contribution in [2.45, 2.75) is 6.54 Å². The Kier molecular flexibility index (Phi) is 15.4. The second-order valence-electron chi connectivity index (χ2n) is 1.86. The molecule has 1 nitrogen and oxygen atoms in total. The Labute approximate surface area is 105 Å². The molecule has 0 saturated carbocycles. The van der Waals surface area contributed by atoms with Gasteiger partial charge in [0.05, 0.1) is 0 Å². The fourth-order valence-corrected chi connectivity index (χ4v) is 1.50. The predicted octanol–water partition coefficient (Wildman–Crippen LogP) is 1.20. The zero-order valence-corrected chi connectivity index (χ0v) is 11.6. The molecule has 1 aromatic rings. The Bertz CT molecular complexity index is 208. The minimum absolute atomic E-state index is 0. The fourth-order valence-electron chi connectivity index (χ4n) is 0.698. The first kappa shape index (κ1) is 18.6. The zero-order valence-electron chi connectivity index (χ0n) is 6.32. The van der Waals surface area contributed by atoms with Gasteiger partial charge in [-0.3, -0.25) is 0 Å². The third-order valence-electron chi connectivity index (χ3n) is 1.24. The molecule has 1 aromatic carbocycles. The van der Waals surface area contributed by atoms with E-state index in [1.807, 2.05) is 12.1 Å². The molecule has 0 aliphatic heterocycles. The van der Waals surface area contributed by atoms with Gasteiger partial charge in [-0.2, -0.15) is 0 Å². The topological polar surface area (TPSA) is 26.0 Å². The van der Waals surface area contributed by atoms with Crippen LogP contribution in [-0.2, 0) is 6.54 Å². The fraction of sp³-hybridized carbons (Fsp3) is 0.143. The van der Waals surface area contributed by atoms with Crippen molar-refractivity contribution in [3.63, 3.8) is 0 Å². The van der Waals surface area contributed by atoms with Crippen molar-refractivity contribution in [1.82, 2.24) is 0 Å². The van der Waals surface area contributed by atoms with E-state index in [9.17, 15) is 0 Å². The number of halogens is 3. The Morgan fingerprint density at radius 2 is 1.58 bits per heavy atom. The van der Waals surface area contributed by atoms with Gasteiger partial charge in [-0.1, -0.05) is 0 Å². The maximum absolute atomic E-state index is 5.47. The molecule has 0 amide bonds. The van der Waals surface area contributed by atoms with Crippen LogP contribution in [0.5, 0.6) is 0 Å². The summed E-state index contributed by atoms with van der Waals surface area (Å²) >= 11 is 1.45. The maximum atomic E-state index is 5.47. The van der Waals surface area contributed by atoms with Gasteiger partial charge in [0.1, 0.15) is 0 Å². The van der Waals surface area contributed by atoms with E-state index >= 15 is 0 Å². The summed E-state index contributed by atoms with van der Waals surface area (Å²) in [6.07, 6.45) is 0. The van der Waals surface area contributed by atoms with Crippen LogP contribution in [0.15, 0.2) is 24.3 Å². The van der Waals surface area contributed by atoms with E-state index in [-0.39, 0.29) is 37.2 Å². The summed E-state index contributed by atoms with van der Waals surface area (Å²) in [5, 5.41) is 0. The van der Waals surface area contributed by atoms with Crippen LogP contribution in [-0.4, -0.2) is 22.5 Å². The third-order valence-corrected chi connectivity index (χ3v) is 2.63. The van der Waals surface area contributed by atoms with Crippen molar-refractivity contribution >= 4 is 63.3 Å². The first-order valence-electron chi connectivity index (χ1n) is 2.84. The van der Waals surface area contributed by atoms with E-state index in [4.69, 9.17) is 5.73 Å². The normalized spacial score (nSPS) is 7.17. The van der Waals surface area contributed by atoms with Crippen LogP contribution in [0.4, 0.5) is 0 Å². The molecule has 0 atom stereocenters. The van der Waals surface area contributed by atoms with E-state index in [2.05, 4.69) is 12.1 Å². The molecule has 5 heteroatoms. The van der Waals surface area contributed by atoms with E-state index in [0.717, 1.165) is 0 Å². The van der Waals surface area contributed by atoms with Gasteiger partial charge in [-0.05, 0) is 0 Å². The average Bonchev–Trinajstić information content (AvgIpc) is 1.89. The van der Waals surface area contributed by atoms with Crippen molar-refractivity contribution in [1.29, 1.82) is 0 Å². The van der Waals surface area contributed by atoms with Crippen molar-refractivity contribution in [2.75, 3.05) is 0 Å². The summed E-state index contributed by atoms with van der Waals surface area (Å²) in [7, 11) is 0. The first-order chi connectivity index (χ1) is 4.34. The van der Waals surface area contributed by atoms with Crippen LogP contribution in [0.2, 0.25) is 0 Å². The molecule has 0 fully saturated rings. The molecule has 0 aromatic heterocycles. The molecule has 69 valence electrons. The molecular formula is C7H11Cl3NSn. The number of nitrogens with two attached hydrogens (primary N) is 1. The molecule has 0 aliphatic carbocycles. The summed E-state index contributed by atoms with van der Waals surface area (Å²) in [5.41, 5.74) is 6.74. The van der Waals surface area contributed by atoms with Crippen LogP contribution in [0.1, 0.15) is 5.56 Å². The summed E-state index contributed by atoms with van der Waals surface area (Å²) in [6.45, 7) is 0.668. The average molecular weight is 334 g/mol. The number of hydrogen-bond acceptors (Lipinski definition) is 1.